The molecule has 0 bridgehead atoms. The van der Waals surface area contributed by atoms with E-state index in [1.54, 1.807) is 0 Å². The van der Waals surface area contributed by atoms with Gasteiger partial charge < -0.3 is 10.2 Å². The van der Waals surface area contributed by atoms with Gasteiger partial charge in [-0.25, -0.2) is 0 Å². The molecule has 2 atom stereocenters. The lowest BCUT2D eigenvalue weighted by Gasteiger charge is -2.27. The molecule has 0 aromatic carbocycles. The normalized spacial score (nSPS) is 14.6. The Labute approximate surface area is 138 Å². The second kappa shape index (κ2) is 9.59. The van der Waals surface area contributed by atoms with Crippen molar-refractivity contribution in [3.05, 3.63) is 16.4 Å². The predicted octanol–water partition coefficient (Wildman–Crippen LogP) is 3.68. The summed E-state index contributed by atoms with van der Waals surface area (Å²) < 4.78 is 3.27. The van der Waals surface area contributed by atoms with Gasteiger partial charge in [0, 0.05) is 6.54 Å². The molecular formula is C16H31BrN4. The first-order valence-electron chi connectivity index (χ1n) is 8.08. The van der Waals surface area contributed by atoms with Crippen molar-refractivity contribution in [1.29, 1.82) is 0 Å². The van der Waals surface area contributed by atoms with Gasteiger partial charge in [-0.1, -0.05) is 33.1 Å². The Morgan fingerprint density at radius 2 is 2.10 bits per heavy atom. The summed E-state index contributed by atoms with van der Waals surface area (Å²) in [5.41, 5.74) is 1.29. The smallest absolute Gasteiger partial charge is 0.0698 e. The van der Waals surface area contributed by atoms with Gasteiger partial charge in [0.15, 0.2) is 0 Å². The number of aromatic nitrogens is 2. The van der Waals surface area contributed by atoms with Crippen molar-refractivity contribution in [3.63, 3.8) is 0 Å². The second-order valence-corrected chi connectivity index (χ2v) is 6.84. The Hall–Kier alpha value is -0.390. The zero-order valence-corrected chi connectivity index (χ0v) is 15.8. The molecule has 0 radical (unpaired) electrons. The fourth-order valence-electron chi connectivity index (χ4n) is 2.82. The van der Waals surface area contributed by atoms with E-state index in [2.05, 4.69) is 70.9 Å². The predicted molar refractivity (Wildman–Crippen MR) is 93.6 cm³/mol. The van der Waals surface area contributed by atoms with E-state index in [0.717, 1.165) is 17.6 Å². The molecule has 21 heavy (non-hydrogen) atoms. The molecule has 0 fully saturated rings. The minimum absolute atomic E-state index is 0.362. The Morgan fingerprint density at radius 3 is 2.62 bits per heavy atom. The van der Waals surface area contributed by atoms with Gasteiger partial charge in [-0.3, -0.25) is 4.68 Å². The molecule has 4 nitrogen and oxygen atoms in total. The third-order valence-electron chi connectivity index (χ3n) is 4.12. The lowest BCUT2D eigenvalue weighted by atomic mass is 9.89. The molecule has 1 heterocycles. The molecule has 0 spiro atoms. The van der Waals surface area contributed by atoms with Gasteiger partial charge in [-0.05, 0) is 49.4 Å². The molecule has 1 N–H and O–H groups in total. The third kappa shape index (κ3) is 5.38. The van der Waals surface area contributed by atoms with Crippen molar-refractivity contribution in [2.45, 2.75) is 52.1 Å². The number of hydrogen-bond donors (Lipinski definition) is 1. The second-order valence-electron chi connectivity index (χ2n) is 5.98. The van der Waals surface area contributed by atoms with Gasteiger partial charge in [0.05, 0.1) is 29.0 Å². The van der Waals surface area contributed by atoms with Gasteiger partial charge in [-0.15, -0.1) is 0 Å². The van der Waals surface area contributed by atoms with E-state index >= 15 is 0 Å². The SMILES string of the molecule is CCCCC(CC)C(NC)c1c(Br)cnn1CCN(C)C. The lowest BCUT2D eigenvalue weighted by Crippen LogP contribution is -2.29. The number of nitrogens with one attached hydrogen (secondary N) is 1. The van der Waals surface area contributed by atoms with E-state index in [-0.39, 0.29) is 0 Å². The van der Waals surface area contributed by atoms with Crippen molar-refractivity contribution < 1.29 is 0 Å². The maximum Gasteiger partial charge on any atom is 0.0698 e. The maximum atomic E-state index is 4.56. The standard InChI is InChI=1S/C16H31BrN4/c1-6-8-9-13(7-2)15(18-3)16-14(17)12-19-21(16)11-10-20(4)5/h12-13,15,18H,6-11H2,1-5H3. The first-order valence-corrected chi connectivity index (χ1v) is 8.87. The number of likely N-dealkylation sites (N-methyl/N-ethyl adjacent to an activating group) is 1. The van der Waals surface area contributed by atoms with E-state index in [1.807, 2.05) is 6.20 Å². The number of hydrogen-bond acceptors (Lipinski definition) is 3. The molecule has 0 aliphatic heterocycles. The molecule has 0 saturated heterocycles. The summed E-state index contributed by atoms with van der Waals surface area (Å²) in [6, 6.07) is 0.362. The van der Waals surface area contributed by atoms with Crippen LogP contribution in [0.1, 0.15) is 51.3 Å². The highest BCUT2D eigenvalue weighted by molar-refractivity contribution is 9.10. The third-order valence-corrected chi connectivity index (χ3v) is 4.73. The van der Waals surface area contributed by atoms with Crippen molar-refractivity contribution in [3.8, 4) is 0 Å². The number of nitrogens with zero attached hydrogens (tertiary/aromatic N) is 3. The van der Waals surface area contributed by atoms with Crippen molar-refractivity contribution in [1.82, 2.24) is 20.0 Å². The van der Waals surface area contributed by atoms with E-state index in [9.17, 15) is 0 Å². The first-order chi connectivity index (χ1) is 10.0. The van der Waals surface area contributed by atoms with E-state index < -0.39 is 0 Å². The molecule has 1 aromatic heterocycles. The quantitative estimate of drug-likeness (QED) is 0.692. The van der Waals surface area contributed by atoms with Gasteiger partial charge in [0.1, 0.15) is 0 Å². The van der Waals surface area contributed by atoms with Crippen LogP contribution in [0.15, 0.2) is 10.7 Å². The van der Waals surface area contributed by atoms with Crippen molar-refractivity contribution in [2.75, 3.05) is 27.7 Å². The largest absolute Gasteiger partial charge is 0.311 e. The van der Waals surface area contributed by atoms with Crippen LogP contribution in [0.3, 0.4) is 0 Å². The van der Waals surface area contributed by atoms with Crippen molar-refractivity contribution >= 4 is 15.9 Å². The van der Waals surface area contributed by atoms with Crippen LogP contribution in [0.5, 0.6) is 0 Å². The van der Waals surface area contributed by atoms with E-state index in [0.29, 0.717) is 12.0 Å². The molecule has 1 aromatic rings. The summed E-state index contributed by atoms with van der Waals surface area (Å²) in [5, 5.41) is 8.09. The highest BCUT2D eigenvalue weighted by Gasteiger charge is 2.25. The summed E-state index contributed by atoms with van der Waals surface area (Å²) in [6.07, 6.45) is 6.94. The van der Waals surface area contributed by atoms with Gasteiger partial charge in [-0.2, -0.15) is 5.10 Å². The molecule has 0 aliphatic carbocycles. The molecule has 2 unspecified atom stereocenters. The molecule has 0 aliphatic rings. The zero-order valence-electron chi connectivity index (χ0n) is 14.2. The van der Waals surface area contributed by atoms with Crippen LogP contribution in [-0.2, 0) is 6.54 Å². The highest BCUT2D eigenvalue weighted by Crippen LogP contribution is 2.33. The number of halogens is 1. The van der Waals surface area contributed by atoms with Crippen molar-refractivity contribution in [2.24, 2.45) is 5.92 Å². The van der Waals surface area contributed by atoms with Crippen LogP contribution >= 0.6 is 15.9 Å². The minimum Gasteiger partial charge on any atom is -0.311 e. The van der Waals surface area contributed by atoms with Crippen LogP contribution in [0.25, 0.3) is 0 Å². The Balaban J connectivity index is 2.94. The van der Waals surface area contributed by atoms with Gasteiger partial charge in [0.2, 0.25) is 0 Å². The molecule has 0 saturated carbocycles. The van der Waals surface area contributed by atoms with Crippen LogP contribution in [0.2, 0.25) is 0 Å². The Bertz CT molecular complexity index is 403. The van der Waals surface area contributed by atoms with Crippen LogP contribution in [0.4, 0.5) is 0 Å². The average Bonchev–Trinajstić information content (AvgIpc) is 2.82. The fourth-order valence-corrected chi connectivity index (χ4v) is 3.37. The number of unbranched alkanes of at least 4 members (excludes halogenated alkanes) is 1. The lowest BCUT2D eigenvalue weighted by molar-refractivity contribution is 0.310. The van der Waals surface area contributed by atoms with Gasteiger partial charge >= 0.3 is 0 Å². The highest BCUT2D eigenvalue weighted by atomic mass is 79.9. The number of rotatable bonds is 10. The maximum absolute atomic E-state index is 4.56. The summed E-state index contributed by atoms with van der Waals surface area (Å²) in [4.78, 5) is 2.20. The average molecular weight is 359 g/mol. The summed E-state index contributed by atoms with van der Waals surface area (Å²) >= 11 is 3.69. The zero-order chi connectivity index (χ0) is 15.8. The first kappa shape index (κ1) is 18.7. The molecule has 5 heteroatoms. The topological polar surface area (TPSA) is 33.1 Å². The Kier molecular flexibility index (Phi) is 8.52. The molecular weight excluding hydrogens is 328 g/mol. The summed E-state index contributed by atoms with van der Waals surface area (Å²) in [5.74, 6) is 0.654. The summed E-state index contributed by atoms with van der Waals surface area (Å²) in [7, 11) is 6.27. The monoisotopic (exact) mass is 358 g/mol. The molecule has 122 valence electrons. The van der Waals surface area contributed by atoms with Gasteiger partial charge in [0.25, 0.3) is 0 Å². The van der Waals surface area contributed by atoms with Crippen LogP contribution in [0, 0.1) is 5.92 Å². The van der Waals surface area contributed by atoms with E-state index in [4.69, 9.17) is 0 Å². The summed E-state index contributed by atoms with van der Waals surface area (Å²) in [6.45, 7) is 6.48. The van der Waals surface area contributed by atoms with Crippen LogP contribution in [-0.4, -0.2) is 42.4 Å². The van der Waals surface area contributed by atoms with Crippen LogP contribution < -0.4 is 5.32 Å². The minimum atomic E-state index is 0.362. The van der Waals surface area contributed by atoms with E-state index in [1.165, 1.54) is 31.4 Å². The fraction of sp³-hybridized carbons (Fsp3) is 0.812. The molecule has 0 amide bonds. The Morgan fingerprint density at radius 1 is 1.38 bits per heavy atom. The molecule has 1 rings (SSSR count).